The van der Waals surface area contributed by atoms with Crippen LogP contribution in [0.1, 0.15) is 27.7 Å². The number of amides is 1. The fraction of sp³-hybridized carbons (Fsp3) is 0.857. The van der Waals surface area contributed by atoms with Crippen molar-refractivity contribution in [1.29, 1.82) is 0 Å². The van der Waals surface area contributed by atoms with Crippen LogP contribution in [0.2, 0.25) is 0 Å². The number of aliphatic carboxylic acids is 1. The topological polar surface area (TPSA) is 72.9 Å². The predicted octanol–water partition coefficient (Wildman–Crippen LogP) is 0.238. The lowest BCUT2D eigenvalue weighted by molar-refractivity contribution is -0.144. The van der Waals surface area contributed by atoms with Gasteiger partial charge in [-0.1, -0.05) is 13.8 Å². The van der Waals surface area contributed by atoms with Crippen LogP contribution in [-0.4, -0.2) is 71.6 Å². The van der Waals surface area contributed by atoms with Crippen molar-refractivity contribution < 1.29 is 14.7 Å². The molecule has 0 spiro atoms. The molecule has 2 unspecified atom stereocenters. The van der Waals surface area contributed by atoms with Gasteiger partial charge in [-0.15, -0.1) is 0 Å². The number of carboxylic acid groups (broad SMARTS) is 1. The van der Waals surface area contributed by atoms with Gasteiger partial charge in [-0.3, -0.25) is 19.4 Å². The van der Waals surface area contributed by atoms with Crippen LogP contribution in [0.15, 0.2) is 0 Å². The number of nitrogens with zero attached hydrogens (tertiary/aromatic N) is 2. The van der Waals surface area contributed by atoms with Crippen molar-refractivity contribution in [2.24, 2.45) is 5.92 Å². The van der Waals surface area contributed by atoms with Crippen LogP contribution in [0, 0.1) is 5.92 Å². The molecule has 1 fully saturated rings. The molecule has 2 atom stereocenters. The Bertz CT molecular complexity index is 339. The highest BCUT2D eigenvalue weighted by molar-refractivity contribution is 5.81. The summed E-state index contributed by atoms with van der Waals surface area (Å²) in [5.41, 5.74) is 0. The summed E-state index contributed by atoms with van der Waals surface area (Å²) in [6, 6.07) is -0.613. The molecule has 0 aromatic carbocycles. The lowest BCUT2D eigenvalue weighted by Gasteiger charge is -2.38. The first-order valence-corrected chi connectivity index (χ1v) is 7.31. The lowest BCUT2D eigenvalue weighted by Crippen LogP contribution is -2.56. The van der Waals surface area contributed by atoms with Gasteiger partial charge in [-0.2, -0.15) is 0 Å². The van der Waals surface area contributed by atoms with Crippen LogP contribution in [0.5, 0.6) is 0 Å². The van der Waals surface area contributed by atoms with Crippen LogP contribution in [0.25, 0.3) is 0 Å². The van der Waals surface area contributed by atoms with E-state index in [1.165, 1.54) is 0 Å². The van der Waals surface area contributed by atoms with Crippen LogP contribution in [-0.2, 0) is 9.59 Å². The second-order valence-corrected chi connectivity index (χ2v) is 5.90. The summed E-state index contributed by atoms with van der Waals surface area (Å²) in [7, 11) is 0. The summed E-state index contributed by atoms with van der Waals surface area (Å²) < 4.78 is 0. The van der Waals surface area contributed by atoms with Gasteiger partial charge in [0.25, 0.3) is 0 Å². The van der Waals surface area contributed by atoms with Crippen molar-refractivity contribution in [3.63, 3.8) is 0 Å². The van der Waals surface area contributed by atoms with Crippen LogP contribution in [0.3, 0.4) is 0 Å². The number of carboxylic acids is 1. The third kappa shape index (κ3) is 4.76. The molecule has 1 amide bonds. The van der Waals surface area contributed by atoms with Crippen LogP contribution in [0.4, 0.5) is 0 Å². The van der Waals surface area contributed by atoms with Gasteiger partial charge >= 0.3 is 5.97 Å². The first-order chi connectivity index (χ1) is 9.32. The summed E-state index contributed by atoms with van der Waals surface area (Å²) in [5.74, 6) is -0.293. The maximum absolute atomic E-state index is 12.0. The summed E-state index contributed by atoms with van der Waals surface area (Å²) in [6.45, 7) is 11.3. The quantitative estimate of drug-likeness (QED) is 0.731. The summed E-state index contributed by atoms with van der Waals surface area (Å²) in [6.07, 6.45) is 0. The minimum absolute atomic E-state index is 0.0541. The van der Waals surface area contributed by atoms with Gasteiger partial charge in [0.2, 0.25) is 5.91 Å². The van der Waals surface area contributed by atoms with E-state index < -0.39 is 12.0 Å². The SMILES string of the molecule is CC(C)CNC(=O)C(C)N1CCN(C(C)C(=O)O)CC1. The van der Waals surface area contributed by atoms with Crippen molar-refractivity contribution in [3.8, 4) is 0 Å². The zero-order valence-corrected chi connectivity index (χ0v) is 12.9. The molecule has 6 heteroatoms. The maximum atomic E-state index is 12.0. The van der Waals surface area contributed by atoms with E-state index in [1.54, 1.807) is 6.92 Å². The molecule has 2 N–H and O–H groups in total. The molecular weight excluding hydrogens is 258 g/mol. The van der Waals surface area contributed by atoms with Gasteiger partial charge in [0.15, 0.2) is 0 Å². The third-order valence-electron chi connectivity index (χ3n) is 3.87. The molecule has 0 aromatic heterocycles. The van der Waals surface area contributed by atoms with Gasteiger partial charge < -0.3 is 10.4 Å². The van der Waals surface area contributed by atoms with Crippen LogP contribution >= 0.6 is 0 Å². The summed E-state index contributed by atoms with van der Waals surface area (Å²) in [4.78, 5) is 27.0. The van der Waals surface area contributed by atoms with Crippen LogP contribution < -0.4 is 5.32 Å². The first kappa shape index (κ1) is 16.9. The second kappa shape index (κ2) is 7.59. The van der Waals surface area contributed by atoms with Crippen molar-refractivity contribution in [2.75, 3.05) is 32.7 Å². The molecule has 116 valence electrons. The zero-order valence-electron chi connectivity index (χ0n) is 12.9. The summed E-state index contributed by atoms with van der Waals surface area (Å²) in [5, 5.41) is 11.9. The number of carbonyl (C=O) groups is 2. The zero-order chi connectivity index (χ0) is 15.3. The van der Waals surface area contributed by atoms with E-state index in [0.717, 1.165) is 13.1 Å². The minimum atomic E-state index is -0.791. The Morgan fingerprint density at radius 1 is 1.00 bits per heavy atom. The number of nitrogens with one attached hydrogen (secondary N) is 1. The third-order valence-corrected chi connectivity index (χ3v) is 3.87. The lowest BCUT2D eigenvalue weighted by atomic mass is 10.1. The van der Waals surface area contributed by atoms with Crippen molar-refractivity contribution >= 4 is 11.9 Å². The Hall–Kier alpha value is -1.14. The first-order valence-electron chi connectivity index (χ1n) is 7.31. The van der Waals surface area contributed by atoms with E-state index in [9.17, 15) is 9.59 Å². The monoisotopic (exact) mass is 285 g/mol. The van der Waals surface area contributed by atoms with E-state index in [-0.39, 0.29) is 11.9 Å². The van der Waals surface area contributed by atoms with Gasteiger partial charge in [-0.25, -0.2) is 0 Å². The molecule has 1 saturated heterocycles. The molecule has 20 heavy (non-hydrogen) atoms. The van der Waals surface area contributed by atoms with E-state index in [4.69, 9.17) is 5.11 Å². The van der Waals surface area contributed by atoms with Crippen molar-refractivity contribution in [3.05, 3.63) is 0 Å². The Kier molecular flexibility index (Phi) is 6.42. The summed E-state index contributed by atoms with van der Waals surface area (Å²) >= 11 is 0. The molecular formula is C14H27N3O3. The molecule has 1 aliphatic rings. The van der Waals surface area contributed by atoms with E-state index in [1.807, 2.05) is 11.8 Å². The standard InChI is InChI=1S/C14H27N3O3/c1-10(2)9-15-13(18)11(3)16-5-7-17(8-6-16)12(4)14(19)20/h10-12H,5-9H2,1-4H3,(H,15,18)(H,19,20). The van der Waals surface area contributed by atoms with Crippen molar-refractivity contribution in [2.45, 2.75) is 39.8 Å². The van der Waals surface area contributed by atoms with E-state index in [2.05, 4.69) is 24.1 Å². The molecule has 1 aliphatic heterocycles. The highest BCUT2D eigenvalue weighted by Crippen LogP contribution is 2.09. The highest BCUT2D eigenvalue weighted by Gasteiger charge is 2.29. The molecule has 0 aliphatic carbocycles. The Balaban J connectivity index is 2.40. The van der Waals surface area contributed by atoms with Gasteiger partial charge in [0, 0.05) is 32.7 Å². The smallest absolute Gasteiger partial charge is 0.320 e. The highest BCUT2D eigenvalue weighted by atomic mass is 16.4. The number of piperazine rings is 1. The predicted molar refractivity (Wildman–Crippen MR) is 77.6 cm³/mol. The Morgan fingerprint density at radius 2 is 1.45 bits per heavy atom. The molecule has 0 saturated carbocycles. The second-order valence-electron chi connectivity index (χ2n) is 5.90. The molecule has 1 heterocycles. The van der Waals surface area contributed by atoms with Gasteiger partial charge in [0.1, 0.15) is 6.04 Å². The van der Waals surface area contributed by atoms with Gasteiger partial charge in [-0.05, 0) is 19.8 Å². The number of rotatable bonds is 6. The van der Waals surface area contributed by atoms with E-state index in [0.29, 0.717) is 25.6 Å². The average Bonchev–Trinajstić information content (AvgIpc) is 2.43. The van der Waals surface area contributed by atoms with E-state index >= 15 is 0 Å². The van der Waals surface area contributed by atoms with Crippen molar-refractivity contribution in [1.82, 2.24) is 15.1 Å². The number of hydrogen-bond donors (Lipinski definition) is 2. The maximum Gasteiger partial charge on any atom is 0.320 e. The number of hydrogen-bond acceptors (Lipinski definition) is 4. The Labute approximate surface area is 121 Å². The fourth-order valence-electron chi connectivity index (χ4n) is 2.29. The minimum Gasteiger partial charge on any atom is -0.480 e. The average molecular weight is 285 g/mol. The molecule has 1 rings (SSSR count). The Morgan fingerprint density at radius 3 is 1.85 bits per heavy atom. The molecule has 0 aromatic rings. The fourth-order valence-corrected chi connectivity index (χ4v) is 2.29. The number of carbonyl (C=O) groups excluding carboxylic acids is 1. The molecule has 0 radical (unpaired) electrons. The largest absolute Gasteiger partial charge is 0.480 e. The van der Waals surface area contributed by atoms with Gasteiger partial charge in [0.05, 0.1) is 6.04 Å². The normalized spacial score (nSPS) is 20.6. The molecule has 0 bridgehead atoms. The molecule has 6 nitrogen and oxygen atoms in total.